The van der Waals surface area contributed by atoms with Crippen LogP contribution in [0, 0.1) is 6.92 Å². The predicted molar refractivity (Wildman–Crippen MR) is 176 cm³/mol. The zero-order valence-electron chi connectivity index (χ0n) is 25.6. The van der Waals surface area contributed by atoms with Crippen LogP contribution in [0.5, 0.6) is 11.5 Å². The molecule has 4 aromatic rings. The van der Waals surface area contributed by atoms with Crippen LogP contribution in [0.25, 0.3) is 0 Å². The number of carbonyl (C=O) groups is 2. The van der Waals surface area contributed by atoms with Crippen LogP contribution >= 0.6 is 0 Å². The average Bonchev–Trinajstić information content (AvgIpc) is 3.57. The van der Waals surface area contributed by atoms with E-state index in [-0.39, 0.29) is 23.4 Å². The number of carbonyl (C=O) groups excluding carboxylic acids is 2. The van der Waals surface area contributed by atoms with E-state index in [1.54, 1.807) is 49.4 Å². The van der Waals surface area contributed by atoms with Crippen LogP contribution in [-0.4, -0.2) is 43.8 Å². The largest absolute Gasteiger partial charge is 0.457 e. The van der Waals surface area contributed by atoms with E-state index >= 15 is 0 Å². The first-order valence-electron chi connectivity index (χ1n) is 15.3. The molecule has 1 atom stereocenters. The quantitative estimate of drug-likeness (QED) is 0.195. The lowest BCUT2D eigenvalue weighted by Crippen LogP contribution is -2.52. The number of anilines is 1. The number of sulfonamides is 1. The van der Waals surface area contributed by atoms with Crippen molar-refractivity contribution in [3.8, 4) is 11.5 Å². The summed E-state index contributed by atoms with van der Waals surface area (Å²) in [6.45, 7) is 3.32. The molecule has 234 valence electrons. The highest BCUT2D eigenvalue weighted by atomic mass is 32.2. The Morgan fingerprint density at radius 1 is 0.822 bits per heavy atom. The lowest BCUT2D eigenvalue weighted by molar-refractivity contribution is -0.139. The molecule has 9 heteroatoms. The number of ether oxygens (including phenoxy) is 1. The molecule has 1 fully saturated rings. The van der Waals surface area contributed by atoms with Crippen LogP contribution in [-0.2, 0) is 26.2 Å². The van der Waals surface area contributed by atoms with Crippen LogP contribution < -0.4 is 14.4 Å². The average molecular weight is 626 g/mol. The van der Waals surface area contributed by atoms with Crippen LogP contribution in [0.4, 0.5) is 5.69 Å². The summed E-state index contributed by atoms with van der Waals surface area (Å²) in [5.41, 5.74) is 2.15. The lowest BCUT2D eigenvalue weighted by atomic mass is 10.1. The number of hydrogen-bond donors (Lipinski definition) is 1. The van der Waals surface area contributed by atoms with E-state index in [1.807, 2.05) is 61.5 Å². The molecule has 0 aliphatic heterocycles. The van der Waals surface area contributed by atoms with E-state index in [0.29, 0.717) is 17.2 Å². The van der Waals surface area contributed by atoms with Gasteiger partial charge in [-0.2, -0.15) is 0 Å². The van der Waals surface area contributed by atoms with Crippen molar-refractivity contribution in [1.82, 2.24) is 10.2 Å². The normalized spacial score (nSPS) is 14.0. The standard InChI is InChI=1S/C36H39N3O5S/c1-27-13-9-10-14-29(27)25-38(28(2)36(41)37-30-15-11-12-16-30)35(40)26-39(45(42,43)34-19-7-4-8-20-34)31-21-23-33(24-22-31)44-32-17-5-3-6-18-32/h3-10,13-14,17-24,28,30H,11-12,15-16,25-26H2,1-2H3,(H,37,41)/t28-/m0/s1. The Labute approximate surface area is 265 Å². The van der Waals surface area contributed by atoms with Crippen LogP contribution in [0.1, 0.15) is 43.7 Å². The number of hydrogen-bond acceptors (Lipinski definition) is 5. The SMILES string of the molecule is Cc1ccccc1CN(C(=O)CN(c1ccc(Oc2ccccc2)cc1)S(=O)(=O)c1ccccc1)[C@@H](C)C(=O)NC1CCCC1. The van der Waals surface area contributed by atoms with Gasteiger partial charge in [-0.3, -0.25) is 13.9 Å². The zero-order chi connectivity index (χ0) is 31.8. The number of rotatable bonds is 12. The Morgan fingerprint density at radius 2 is 1.40 bits per heavy atom. The van der Waals surface area contributed by atoms with Crippen molar-refractivity contribution in [2.45, 2.75) is 63.1 Å². The van der Waals surface area contributed by atoms with Crippen molar-refractivity contribution < 1.29 is 22.7 Å². The number of benzene rings is 4. The fourth-order valence-corrected chi connectivity index (χ4v) is 6.93. The molecule has 0 unspecified atom stereocenters. The zero-order valence-corrected chi connectivity index (χ0v) is 26.5. The maximum absolute atomic E-state index is 14.2. The minimum Gasteiger partial charge on any atom is -0.457 e. The molecular weight excluding hydrogens is 586 g/mol. The molecule has 1 aliphatic carbocycles. The highest BCUT2D eigenvalue weighted by molar-refractivity contribution is 7.92. The second kappa shape index (κ2) is 14.4. The summed E-state index contributed by atoms with van der Waals surface area (Å²) in [5.74, 6) is 0.429. The first kappa shape index (κ1) is 31.8. The van der Waals surface area contributed by atoms with Gasteiger partial charge in [0, 0.05) is 12.6 Å². The van der Waals surface area contributed by atoms with E-state index in [1.165, 1.54) is 17.0 Å². The van der Waals surface area contributed by atoms with Crippen molar-refractivity contribution in [1.29, 1.82) is 0 Å². The fourth-order valence-electron chi connectivity index (χ4n) is 5.50. The minimum absolute atomic E-state index is 0.0555. The van der Waals surface area contributed by atoms with Crippen LogP contribution in [0.15, 0.2) is 114 Å². The molecule has 0 spiro atoms. The van der Waals surface area contributed by atoms with Gasteiger partial charge in [-0.05, 0) is 86.3 Å². The summed E-state index contributed by atoms with van der Waals surface area (Å²) in [6, 6.07) is 30.8. The minimum atomic E-state index is -4.16. The van der Waals surface area contributed by atoms with E-state index in [0.717, 1.165) is 41.1 Å². The van der Waals surface area contributed by atoms with Crippen molar-refractivity contribution in [2.75, 3.05) is 10.8 Å². The maximum atomic E-state index is 14.2. The Balaban J connectivity index is 1.46. The van der Waals surface area contributed by atoms with Gasteiger partial charge in [-0.25, -0.2) is 8.42 Å². The number of amides is 2. The van der Waals surface area contributed by atoms with Crippen molar-refractivity contribution >= 4 is 27.5 Å². The molecule has 5 rings (SSSR count). The molecule has 2 amide bonds. The van der Waals surface area contributed by atoms with E-state index in [2.05, 4.69) is 5.32 Å². The third-order valence-corrected chi connectivity index (χ3v) is 9.97. The molecule has 1 N–H and O–H groups in total. The van der Waals surface area contributed by atoms with Gasteiger partial charge in [0.25, 0.3) is 10.0 Å². The van der Waals surface area contributed by atoms with Gasteiger partial charge in [0.15, 0.2) is 0 Å². The van der Waals surface area contributed by atoms with E-state index in [4.69, 9.17) is 4.74 Å². The molecule has 1 aliphatic rings. The molecular formula is C36H39N3O5S. The first-order valence-corrected chi connectivity index (χ1v) is 16.7. The molecule has 4 aromatic carbocycles. The molecule has 0 radical (unpaired) electrons. The van der Waals surface area contributed by atoms with E-state index in [9.17, 15) is 18.0 Å². The molecule has 0 saturated heterocycles. The maximum Gasteiger partial charge on any atom is 0.264 e. The summed E-state index contributed by atoms with van der Waals surface area (Å²) >= 11 is 0. The van der Waals surface area contributed by atoms with Gasteiger partial charge in [0.1, 0.15) is 24.1 Å². The van der Waals surface area contributed by atoms with Gasteiger partial charge < -0.3 is 15.0 Å². The third-order valence-electron chi connectivity index (χ3n) is 8.18. The summed E-state index contributed by atoms with van der Waals surface area (Å²) in [6.07, 6.45) is 3.95. The molecule has 1 saturated carbocycles. The fraction of sp³-hybridized carbons (Fsp3) is 0.278. The van der Waals surface area contributed by atoms with Gasteiger partial charge in [0.05, 0.1) is 10.6 Å². The van der Waals surface area contributed by atoms with Crippen molar-refractivity contribution in [3.05, 3.63) is 120 Å². The molecule has 45 heavy (non-hydrogen) atoms. The number of nitrogens with zero attached hydrogens (tertiary/aromatic N) is 2. The number of nitrogens with one attached hydrogen (secondary N) is 1. The molecule has 0 aromatic heterocycles. The van der Waals surface area contributed by atoms with E-state index < -0.39 is 28.5 Å². The monoisotopic (exact) mass is 625 g/mol. The van der Waals surface area contributed by atoms with Gasteiger partial charge in [-0.15, -0.1) is 0 Å². The van der Waals surface area contributed by atoms with Crippen molar-refractivity contribution in [3.63, 3.8) is 0 Å². The summed E-state index contributed by atoms with van der Waals surface area (Å²) < 4.78 is 35.1. The van der Waals surface area contributed by atoms with Gasteiger partial charge in [-0.1, -0.05) is 73.5 Å². The highest BCUT2D eigenvalue weighted by Gasteiger charge is 2.33. The summed E-state index contributed by atoms with van der Waals surface area (Å²) in [5, 5.41) is 3.10. The second-order valence-corrected chi connectivity index (χ2v) is 13.2. The smallest absolute Gasteiger partial charge is 0.264 e. The second-order valence-electron chi connectivity index (χ2n) is 11.3. The topological polar surface area (TPSA) is 96.0 Å². The Bertz CT molecular complexity index is 1690. The molecule has 0 bridgehead atoms. The summed E-state index contributed by atoms with van der Waals surface area (Å²) in [4.78, 5) is 29.2. The Hall–Kier alpha value is -4.63. The van der Waals surface area contributed by atoms with Gasteiger partial charge >= 0.3 is 0 Å². The van der Waals surface area contributed by atoms with Crippen molar-refractivity contribution in [2.24, 2.45) is 0 Å². The van der Waals surface area contributed by atoms with Gasteiger partial charge in [0.2, 0.25) is 11.8 Å². The highest BCUT2D eigenvalue weighted by Crippen LogP contribution is 2.29. The van der Waals surface area contributed by atoms with Crippen LogP contribution in [0.2, 0.25) is 0 Å². The predicted octanol–water partition coefficient (Wildman–Crippen LogP) is 6.46. The Kier molecular flexibility index (Phi) is 10.2. The number of aryl methyl sites for hydroxylation is 1. The van der Waals surface area contributed by atoms with Crippen LogP contribution in [0.3, 0.4) is 0 Å². The third kappa shape index (κ3) is 7.91. The molecule has 0 heterocycles. The lowest BCUT2D eigenvalue weighted by Gasteiger charge is -2.33. The molecule has 8 nitrogen and oxygen atoms in total. The first-order chi connectivity index (χ1) is 21.7. The Morgan fingerprint density at radius 3 is 2.04 bits per heavy atom. The number of para-hydroxylation sites is 1. The summed E-state index contributed by atoms with van der Waals surface area (Å²) in [7, 11) is -4.16.